The smallest absolute Gasteiger partial charge is 0.236 e. The fourth-order valence-electron chi connectivity index (χ4n) is 1.42. The van der Waals surface area contributed by atoms with E-state index in [-0.39, 0.29) is 11.4 Å². The first-order chi connectivity index (χ1) is 8.22. The minimum atomic E-state index is -1.44. The van der Waals surface area contributed by atoms with Gasteiger partial charge in [-0.2, -0.15) is 0 Å². The minimum absolute atomic E-state index is 0.232. The molecule has 0 saturated heterocycles. The van der Waals surface area contributed by atoms with Gasteiger partial charge in [0.1, 0.15) is 5.25 Å². The summed E-state index contributed by atoms with van der Waals surface area (Å²) in [7, 11) is -1.44. The summed E-state index contributed by atoms with van der Waals surface area (Å²) in [6.07, 6.45) is 0. The van der Waals surface area contributed by atoms with Crippen molar-refractivity contribution in [1.29, 1.82) is 0 Å². The van der Waals surface area contributed by atoms with Crippen molar-refractivity contribution in [3.8, 4) is 0 Å². The van der Waals surface area contributed by atoms with E-state index in [0.29, 0.717) is 10.6 Å². The first kappa shape index (κ1) is 14.7. The highest BCUT2D eigenvalue weighted by Crippen LogP contribution is 2.19. The van der Waals surface area contributed by atoms with Crippen molar-refractivity contribution in [3.63, 3.8) is 0 Å². The van der Waals surface area contributed by atoms with Crippen LogP contribution in [0, 0.1) is 0 Å². The molecular formula is C13H20N2O2S. The molecule has 0 spiro atoms. The first-order valence-electron chi connectivity index (χ1n) is 5.79. The summed E-state index contributed by atoms with van der Waals surface area (Å²) in [4.78, 5) is 12.4. The minimum Gasteiger partial charge on any atom is -0.398 e. The van der Waals surface area contributed by atoms with Crippen LogP contribution in [-0.2, 0) is 15.6 Å². The van der Waals surface area contributed by atoms with Crippen LogP contribution >= 0.6 is 0 Å². The zero-order valence-corrected chi connectivity index (χ0v) is 12.0. The van der Waals surface area contributed by atoms with Crippen LogP contribution in [0.2, 0.25) is 0 Å². The van der Waals surface area contributed by atoms with Crippen LogP contribution in [0.3, 0.4) is 0 Å². The van der Waals surface area contributed by atoms with E-state index >= 15 is 0 Å². The quantitative estimate of drug-likeness (QED) is 0.819. The lowest BCUT2D eigenvalue weighted by molar-refractivity contribution is -0.121. The van der Waals surface area contributed by atoms with Crippen LogP contribution in [0.25, 0.3) is 0 Å². The van der Waals surface area contributed by atoms with Crippen molar-refractivity contribution in [2.45, 2.75) is 43.4 Å². The third-order valence-electron chi connectivity index (χ3n) is 2.32. The molecule has 100 valence electrons. The molecule has 5 heteroatoms. The van der Waals surface area contributed by atoms with Gasteiger partial charge in [0.2, 0.25) is 5.91 Å². The topological polar surface area (TPSA) is 72.2 Å². The van der Waals surface area contributed by atoms with Gasteiger partial charge in [-0.15, -0.1) is 0 Å². The molecule has 0 radical (unpaired) electrons. The predicted octanol–water partition coefficient (Wildman–Crippen LogP) is 1.68. The molecule has 0 heterocycles. The largest absolute Gasteiger partial charge is 0.398 e. The number of para-hydroxylation sites is 1. The van der Waals surface area contributed by atoms with Crippen molar-refractivity contribution < 1.29 is 9.00 Å². The van der Waals surface area contributed by atoms with Gasteiger partial charge in [0.25, 0.3) is 0 Å². The molecule has 0 aliphatic heterocycles. The molecule has 1 rings (SSSR count). The van der Waals surface area contributed by atoms with Crippen LogP contribution in [0.1, 0.15) is 27.7 Å². The lowest BCUT2D eigenvalue weighted by Gasteiger charge is -2.23. The molecule has 2 atom stereocenters. The molecule has 0 saturated carbocycles. The summed E-state index contributed by atoms with van der Waals surface area (Å²) in [6, 6.07) is 6.90. The Hall–Kier alpha value is -1.36. The zero-order valence-electron chi connectivity index (χ0n) is 11.2. The second-order valence-corrected chi connectivity index (χ2v) is 6.96. The Bertz CT molecular complexity index is 466. The Labute approximate surface area is 110 Å². The van der Waals surface area contributed by atoms with Crippen molar-refractivity contribution in [1.82, 2.24) is 5.32 Å². The number of nitrogens with one attached hydrogen (secondary N) is 1. The number of benzene rings is 1. The van der Waals surface area contributed by atoms with Gasteiger partial charge in [0.15, 0.2) is 0 Å². The molecule has 2 unspecified atom stereocenters. The molecule has 18 heavy (non-hydrogen) atoms. The summed E-state index contributed by atoms with van der Waals surface area (Å²) in [5.41, 5.74) is 5.88. The molecule has 0 bridgehead atoms. The fourth-order valence-corrected chi connectivity index (χ4v) is 2.57. The van der Waals surface area contributed by atoms with E-state index in [4.69, 9.17) is 5.73 Å². The molecule has 0 aliphatic carbocycles. The van der Waals surface area contributed by atoms with Crippen LogP contribution < -0.4 is 11.1 Å². The lowest BCUT2D eigenvalue weighted by atomic mass is 10.1. The third kappa shape index (κ3) is 3.84. The summed E-state index contributed by atoms with van der Waals surface area (Å²) in [5, 5.41) is 2.19. The van der Waals surface area contributed by atoms with E-state index in [1.54, 1.807) is 31.2 Å². The molecule has 4 nitrogen and oxygen atoms in total. The molecule has 0 aliphatic rings. The number of carbonyl (C=O) groups excluding carboxylic acids is 1. The molecule has 1 amide bonds. The van der Waals surface area contributed by atoms with Gasteiger partial charge in [0, 0.05) is 11.2 Å². The van der Waals surface area contributed by atoms with Gasteiger partial charge in [-0.05, 0) is 39.8 Å². The van der Waals surface area contributed by atoms with Crippen LogP contribution in [0.15, 0.2) is 29.2 Å². The highest BCUT2D eigenvalue weighted by molar-refractivity contribution is 7.86. The summed E-state index contributed by atoms with van der Waals surface area (Å²) < 4.78 is 12.3. The second-order valence-electron chi connectivity index (χ2n) is 5.22. The Kier molecular flexibility index (Phi) is 4.51. The number of nitrogens with two attached hydrogens (primary N) is 1. The maximum Gasteiger partial charge on any atom is 0.236 e. The number of rotatable bonds is 3. The SMILES string of the molecule is CC(C(=O)NC(C)(C)C)S(=O)c1ccccc1N. The van der Waals surface area contributed by atoms with Gasteiger partial charge in [-0.3, -0.25) is 9.00 Å². The second kappa shape index (κ2) is 5.52. The maximum absolute atomic E-state index is 12.3. The van der Waals surface area contributed by atoms with Crippen molar-refractivity contribution in [2.24, 2.45) is 0 Å². The molecule has 0 fully saturated rings. The summed E-state index contributed by atoms with van der Waals surface area (Å²) in [6.45, 7) is 7.30. The van der Waals surface area contributed by atoms with E-state index < -0.39 is 16.0 Å². The van der Waals surface area contributed by atoms with Crippen LogP contribution in [-0.4, -0.2) is 20.9 Å². The van der Waals surface area contributed by atoms with Crippen molar-refractivity contribution in [2.75, 3.05) is 5.73 Å². The molecule has 3 N–H and O–H groups in total. The average molecular weight is 268 g/mol. The number of carbonyl (C=O) groups is 1. The van der Waals surface area contributed by atoms with E-state index in [2.05, 4.69) is 5.32 Å². The van der Waals surface area contributed by atoms with E-state index in [9.17, 15) is 9.00 Å². The Morgan fingerprint density at radius 3 is 2.39 bits per heavy atom. The highest BCUT2D eigenvalue weighted by Gasteiger charge is 2.25. The normalized spacial score (nSPS) is 14.9. The highest BCUT2D eigenvalue weighted by atomic mass is 32.2. The Morgan fingerprint density at radius 2 is 1.89 bits per heavy atom. The van der Waals surface area contributed by atoms with Gasteiger partial charge >= 0.3 is 0 Å². The zero-order chi connectivity index (χ0) is 13.9. The first-order valence-corrected chi connectivity index (χ1v) is 7.01. The van der Waals surface area contributed by atoms with Gasteiger partial charge in [-0.25, -0.2) is 0 Å². The maximum atomic E-state index is 12.3. The fraction of sp³-hybridized carbons (Fsp3) is 0.462. The average Bonchev–Trinajstić information content (AvgIpc) is 2.25. The lowest BCUT2D eigenvalue weighted by Crippen LogP contribution is -2.46. The third-order valence-corrected chi connectivity index (χ3v) is 3.99. The number of hydrogen-bond donors (Lipinski definition) is 2. The molecule has 0 aromatic heterocycles. The number of nitrogen functional groups attached to an aromatic ring is 1. The van der Waals surface area contributed by atoms with Crippen molar-refractivity contribution >= 4 is 22.4 Å². The standard InChI is InChI=1S/C13H20N2O2S/c1-9(12(16)15-13(2,3)4)18(17)11-8-6-5-7-10(11)14/h5-9H,14H2,1-4H3,(H,15,16). The van der Waals surface area contributed by atoms with Gasteiger partial charge < -0.3 is 11.1 Å². The molecular weight excluding hydrogens is 248 g/mol. The Balaban J connectivity index is 2.85. The van der Waals surface area contributed by atoms with E-state index in [1.165, 1.54) is 0 Å². The number of hydrogen-bond acceptors (Lipinski definition) is 3. The summed E-state index contributed by atoms with van der Waals surface area (Å²) >= 11 is 0. The number of anilines is 1. The van der Waals surface area contributed by atoms with E-state index in [1.807, 2.05) is 20.8 Å². The Morgan fingerprint density at radius 1 is 1.33 bits per heavy atom. The van der Waals surface area contributed by atoms with Gasteiger partial charge in [0.05, 0.1) is 15.7 Å². The summed E-state index contributed by atoms with van der Waals surface area (Å²) in [5.74, 6) is -0.232. The van der Waals surface area contributed by atoms with Gasteiger partial charge in [-0.1, -0.05) is 12.1 Å². The molecule has 1 aromatic carbocycles. The monoisotopic (exact) mass is 268 g/mol. The van der Waals surface area contributed by atoms with Crippen LogP contribution in [0.5, 0.6) is 0 Å². The van der Waals surface area contributed by atoms with Crippen molar-refractivity contribution in [3.05, 3.63) is 24.3 Å². The molecule has 1 aromatic rings. The van der Waals surface area contributed by atoms with Crippen LogP contribution in [0.4, 0.5) is 5.69 Å². The van der Waals surface area contributed by atoms with E-state index in [0.717, 1.165) is 0 Å². The predicted molar refractivity (Wildman–Crippen MR) is 74.6 cm³/mol. The number of amides is 1.